The second-order valence-electron chi connectivity index (χ2n) is 6.98. The van der Waals surface area contributed by atoms with E-state index in [1.807, 2.05) is 24.4 Å². The third-order valence-corrected chi connectivity index (χ3v) is 5.61. The molecule has 0 saturated carbocycles. The van der Waals surface area contributed by atoms with Crippen molar-refractivity contribution in [2.24, 2.45) is 0 Å². The largest absolute Gasteiger partial charge is 0.458 e. The Bertz CT molecular complexity index is 972. The predicted molar refractivity (Wildman–Crippen MR) is 111 cm³/mol. The van der Waals surface area contributed by atoms with Crippen molar-refractivity contribution >= 4 is 23.1 Å². The van der Waals surface area contributed by atoms with Crippen LogP contribution in [0.3, 0.4) is 0 Å². The molecule has 0 aromatic carbocycles. The summed E-state index contributed by atoms with van der Waals surface area (Å²) in [5, 5.41) is 5.55. The lowest BCUT2D eigenvalue weighted by atomic mass is 10.2. The van der Waals surface area contributed by atoms with Crippen LogP contribution >= 0.6 is 11.3 Å². The zero-order chi connectivity index (χ0) is 20.2. The molecule has 0 radical (unpaired) electrons. The molecule has 1 fully saturated rings. The van der Waals surface area contributed by atoms with Gasteiger partial charge in [0.2, 0.25) is 5.91 Å². The fourth-order valence-electron chi connectivity index (χ4n) is 3.49. The number of rotatable bonds is 7. The predicted octanol–water partition coefficient (Wildman–Crippen LogP) is 3.22. The van der Waals surface area contributed by atoms with Gasteiger partial charge in [0.25, 0.3) is 0 Å². The first-order valence-corrected chi connectivity index (χ1v) is 10.4. The summed E-state index contributed by atoms with van der Waals surface area (Å²) in [6, 6.07) is 5.70. The zero-order valence-electron chi connectivity index (χ0n) is 16.4. The van der Waals surface area contributed by atoms with Crippen molar-refractivity contribution < 1.29 is 13.9 Å². The van der Waals surface area contributed by atoms with Gasteiger partial charge in [-0.2, -0.15) is 0 Å². The van der Waals surface area contributed by atoms with Crippen molar-refractivity contribution in [2.75, 3.05) is 32.1 Å². The summed E-state index contributed by atoms with van der Waals surface area (Å²) in [6.07, 6.45) is 3.84. The third kappa shape index (κ3) is 4.69. The van der Waals surface area contributed by atoms with Crippen LogP contribution in [-0.2, 0) is 9.53 Å². The number of methoxy groups -OCH3 is 1. The number of anilines is 1. The van der Waals surface area contributed by atoms with Gasteiger partial charge in [-0.15, -0.1) is 11.3 Å². The molecule has 0 bridgehead atoms. The molecule has 29 heavy (non-hydrogen) atoms. The van der Waals surface area contributed by atoms with E-state index in [9.17, 15) is 4.79 Å². The van der Waals surface area contributed by atoms with Gasteiger partial charge in [0.15, 0.2) is 11.6 Å². The Kier molecular flexibility index (Phi) is 5.98. The highest BCUT2D eigenvalue weighted by Crippen LogP contribution is 2.27. The van der Waals surface area contributed by atoms with E-state index in [-0.39, 0.29) is 11.9 Å². The van der Waals surface area contributed by atoms with Gasteiger partial charge in [-0.1, -0.05) is 0 Å². The molecule has 0 spiro atoms. The van der Waals surface area contributed by atoms with Crippen molar-refractivity contribution in [1.29, 1.82) is 0 Å². The molecular formula is C20H23N5O3S. The van der Waals surface area contributed by atoms with E-state index < -0.39 is 0 Å². The smallest absolute Gasteiger partial charge is 0.239 e. The Balaban J connectivity index is 1.56. The molecule has 1 atom stereocenters. The van der Waals surface area contributed by atoms with Crippen LogP contribution in [0.25, 0.3) is 22.3 Å². The topological polar surface area (TPSA) is 93.4 Å². The van der Waals surface area contributed by atoms with Gasteiger partial charge in [0.1, 0.15) is 22.3 Å². The number of carbonyl (C=O) groups is 1. The van der Waals surface area contributed by atoms with Crippen LogP contribution in [0.2, 0.25) is 0 Å². The molecule has 3 aromatic heterocycles. The maximum Gasteiger partial charge on any atom is 0.239 e. The summed E-state index contributed by atoms with van der Waals surface area (Å²) in [6.45, 7) is 3.70. The summed E-state index contributed by atoms with van der Waals surface area (Å²) in [5.41, 5.74) is 0.646. The number of furan rings is 1. The van der Waals surface area contributed by atoms with E-state index in [1.54, 1.807) is 19.4 Å². The van der Waals surface area contributed by atoms with E-state index in [2.05, 4.69) is 25.2 Å². The minimum Gasteiger partial charge on any atom is -0.458 e. The van der Waals surface area contributed by atoms with Crippen LogP contribution in [0.1, 0.15) is 18.6 Å². The normalized spacial score (nSPS) is 17.0. The maximum atomic E-state index is 12.7. The SMILES string of the molecule is COCC1CCCN1CC(=O)Nc1cc(-c2nccs2)nc(-c2ccc(C)o2)n1. The van der Waals surface area contributed by atoms with Crippen molar-refractivity contribution in [3.05, 3.63) is 35.5 Å². The van der Waals surface area contributed by atoms with Crippen LogP contribution < -0.4 is 5.32 Å². The minimum absolute atomic E-state index is 0.113. The summed E-state index contributed by atoms with van der Waals surface area (Å²) in [5.74, 6) is 2.06. The summed E-state index contributed by atoms with van der Waals surface area (Å²) >= 11 is 1.48. The van der Waals surface area contributed by atoms with E-state index in [4.69, 9.17) is 9.15 Å². The average Bonchev–Trinajstić information content (AvgIpc) is 3.45. The monoisotopic (exact) mass is 413 g/mol. The summed E-state index contributed by atoms with van der Waals surface area (Å²) in [4.78, 5) is 28.2. The van der Waals surface area contributed by atoms with Gasteiger partial charge >= 0.3 is 0 Å². The highest BCUT2D eigenvalue weighted by atomic mass is 32.1. The number of nitrogens with one attached hydrogen (secondary N) is 1. The fourth-order valence-corrected chi connectivity index (χ4v) is 4.08. The molecule has 1 aliphatic heterocycles. The second-order valence-corrected chi connectivity index (χ2v) is 7.87. The summed E-state index contributed by atoms with van der Waals surface area (Å²) in [7, 11) is 1.69. The van der Waals surface area contributed by atoms with Gasteiger partial charge in [-0.3, -0.25) is 9.69 Å². The average molecular weight is 414 g/mol. The van der Waals surface area contributed by atoms with Crippen molar-refractivity contribution in [2.45, 2.75) is 25.8 Å². The Labute approximate surface area is 173 Å². The van der Waals surface area contributed by atoms with Crippen LogP contribution in [0, 0.1) is 6.92 Å². The van der Waals surface area contributed by atoms with Gasteiger partial charge < -0.3 is 14.5 Å². The molecule has 1 aliphatic rings. The first-order valence-electron chi connectivity index (χ1n) is 9.51. The lowest BCUT2D eigenvalue weighted by Crippen LogP contribution is -2.39. The van der Waals surface area contributed by atoms with E-state index >= 15 is 0 Å². The third-order valence-electron chi connectivity index (χ3n) is 4.81. The molecule has 4 heterocycles. The lowest BCUT2D eigenvalue weighted by Gasteiger charge is -2.22. The van der Waals surface area contributed by atoms with Crippen molar-refractivity contribution in [3.63, 3.8) is 0 Å². The van der Waals surface area contributed by atoms with E-state index in [0.29, 0.717) is 36.2 Å². The standard InChI is InChI=1S/C20H23N5O3S/c1-13-5-6-16(28-13)19-22-15(20-21-7-9-29-20)10-17(24-19)23-18(26)11-25-8-3-4-14(25)12-27-2/h5-7,9-10,14H,3-4,8,11-12H2,1-2H3,(H,22,23,24,26). The minimum atomic E-state index is -0.113. The van der Waals surface area contributed by atoms with Gasteiger partial charge in [-0.05, 0) is 38.4 Å². The fraction of sp³-hybridized carbons (Fsp3) is 0.400. The van der Waals surface area contributed by atoms with Crippen molar-refractivity contribution in [3.8, 4) is 22.3 Å². The number of nitrogens with zero attached hydrogens (tertiary/aromatic N) is 4. The number of aryl methyl sites for hydroxylation is 1. The van der Waals surface area contributed by atoms with Crippen LogP contribution in [0.4, 0.5) is 5.82 Å². The number of hydrogen-bond donors (Lipinski definition) is 1. The highest BCUT2D eigenvalue weighted by molar-refractivity contribution is 7.13. The molecule has 1 unspecified atom stereocenters. The number of likely N-dealkylation sites (tertiary alicyclic amines) is 1. The van der Waals surface area contributed by atoms with Gasteiger partial charge in [0.05, 0.1) is 13.2 Å². The lowest BCUT2D eigenvalue weighted by molar-refractivity contribution is -0.117. The maximum absolute atomic E-state index is 12.7. The molecule has 0 aliphatic carbocycles. The molecular weight excluding hydrogens is 390 g/mol. The van der Waals surface area contributed by atoms with Gasteiger partial charge in [-0.25, -0.2) is 15.0 Å². The van der Waals surface area contributed by atoms with Crippen molar-refractivity contribution in [1.82, 2.24) is 19.9 Å². The Morgan fingerprint density at radius 3 is 3.03 bits per heavy atom. The van der Waals surface area contributed by atoms with E-state index in [0.717, 1.165) is 30.2 Å². The van der Waals surface area contributed by atoms with Crippen LogP contribution in [-0.4, -0.2) is 58.6 Å². The second kappa shape index (κ2) is 8.81. The Hall–Kier alpha value is -2.62. The first-order chi connectivity index (χ1) is 14.1. The highest BCUT2D eigenvalue weighted by Gasteiger charge is 2.26. The number of aromatic nitrogens is 3. The van der Waals surface area contributed by atoms with E-state index in [1.165, 1.54) is 11.3 Å². The Morgan fingerprint density at radius 1 is 1.41 bits per heavy atom. The zero-order valence-corrected chi connectivity index (χ0v) is 17.2. The summed E-state index contributed by atoms with van der Waals surface area (Å²) < 4.78 is 10.9. The molecule has 3 aromatic rings. The molecule has 4 rings (SSSR count). The number of ether oxygens (including phenoxy) is 1. The number of thiazole rings is 1. The Morgan fingerprint density at radius 2 is 2.31 bits per heavy atom. The molecule has 8 nitrogen and oxygen atoms in total. The molecule has 1 amide bonds. The number of carbonyl (C=O) groups excluding carboxylic acids is 1. The quantitative estimate of drug-likeness (QED) is 0.636. The van der Waals surface area contributed by atoms with Crippen LogP contribution in [0.5, 0.6) is 0 Å². The molecule has 9 heteroatoms. The number of hydrogen-bond acceptors (Lipinski definition) is 8. The first kappa shape index (κ1) is 19.7. The van der Waals surface area contributed by atoms with Gasteiger partial charge in [0, 0.05) is 30.8 Å². The molecule has 1 N–H and O–H groups in total. The number of amides is 1. The molecule has 152 valence electrons. The van der Waals surface area contributed by atoms with Crippen LogP contribution in [0.15, 0.2) is 34.2 Å². The molecule has 1 saturated heterocycles.